The zero-order chi connectivity index (χ0) is 15.4. The Hall–Kier alpha value is -0.800. The molecular formula is C18H20Br2O. The van der Waals surface area contributed by atoms with Crippen LogP contribution in [0.5, 0.6) is 5.75 Å². The zero-order valence-corrected chi connectivity index (χ0v) is 15.8. The molecule has 0 aliphatic carbocycles. The van der Waals surface area contributed by atoms with Gasteiger partial charge in [-0.15, -0.1) is 0 Å². The maximum Gasteiger partial charge on any atom is 0.124 e. The molecule has 0 fully saturated rings. The number of aryl methyl sites for hydroxylation is 2. The van der Waals surface area contributed by atoms with Crippen molar-refractivity contribution < 1.29 is 4.74 Å². The van der Waals surface area contributed by atoms with Crippen LogP contribution in [-0.4, -0.2) is 7.11 Å². The van der Waals surface area contributed by atoms with Gasteiger partial charge in [0.25, 0.3) is 0 Å². The molecule has 0 aromatic heterocycles. The van der Waals surface area contributed by atoms with Crippen molar-refractivity contribution in [2.24, 2.45) is 0 Å². The summed E-state index contributed by atoms with van der Waals surface area (Å²) in [6, 6.07) is 12.9. The van der Waals surface area contributed by atoms with Crippen molar-refractivity contribution in [1.29, 1.82) is 0 Å². The highest BCUT2D eigenvalue weighted by atomic mass is 79.9. The maximum absolute atomic E-state index is 5.51. The van der Waals surface area contributed by atoms with E-state index < -0.39 is 0 Å². The average molecular weight is 412 g/mol. The smallest absolute Gasteiger partial charge is 0.124 e. The van der Waals surface area contributed by atoms with Crippen molar-refractivity contribution in [3.8, 4) is 5.75 Å². The first kappa shape index (κ1) is 16.6. The first-order valence-electron chi connectivity index (χ1n) is 7.19. The van der Waals surface area contributed by atoms with E-state index in [9.17, 15) is 0 Å². The second-order valence-corrected chi connectivity index (χ2v) is 6.82. The molecule has 0 bridgehead atoms. The lowest BCUT2D eigenvalue weighted by Gasteiger charge is -2.17. The molecule has 0 heterocycles. The summed E-state index contributed by atoms with van der Waals surface area (Å²) in [5.41, 5.74) is 5.27. The molecule has 0 aliphatic heterocycles. The number of methoxy groups -OCH3 is 1. The van der Waals surface area contributed by atoms with Gasteiger partial charge in [-0.1, -0.05) is 70.0 Å². The van der Waals surface area contributed by atoms with Crippen LogP contribution in [0.3, 0.4) is 0 Å². The van der Waals surface area contributed by atoms with Gasteiger partial charge in [0.15, 0.2) is 0 Å². The Bertz CT molecular complexity index is 623. The Morgan fingerprint density at radius 1 is 1.00 bits per heavy atom. The number of hydrogen-bond acceptors (Lipinski definition) is 1. The third-order valence-corrected chi connectivity index (χ3v) is 5.27. The topological polar surface area (TPSA) is 9.23 Å². The van der Waals surface area contributed by atoms with E-state index in [-0.39, 0.29) is 4.83 Å². The summed E-state index contributed by atoms with van der Waals surface area (Å²) in [4.78, 5) is 0.136. The van der Waals surface area contributed by atoms with Crippen LogP contribution in [0.2, 0.25) is 0 Å². The minimum atomic E-state index is 0.136. The first-order chi connectivity index (χ1) is 10.1. The number of alkyl halides is 1. The highest BCUT2D eigenvalue weighted by Gasteiger charge is 2.16. The van der Waals surface area contributed by atoms with E-state index in [0.29, 0.717) is 0 Å². The van der Waals surface area contributed by atoms with Crippen molar-refractivity contribution in [3.63, 3.8) is 0 Å². The summed E-state index contributed by atoms with van der Waals surface area (Å²) < 4.78 is 6.54. The molecule has 1 atom stereocenters. The summed E-state index contributed by atoms with van der Waals surface area (Å²) in [7, 11) is 1.71. The molecular weight excluding hydrogens is 392 g/mol. The second kappa shape index (κ2) is 7.46. The fourth-order valence-corrected chi connectivity index (χ4v) is 3.55. The van der Waals surface area contributed by atoms with Crippen LogP contribution in [0.25, 0.3) is 0 Å². The third-order valence-electron chi connectivity index (χ3n) is 3.75. The van der Waals surface area contributed by atoms with Crippen LogP contribution in [0.4, 0.5) is 0 Å². The molecule has 0 spiro atoms. The summed E-state index contributed by atoms with van der Waals surface area (Å²) in [5, 5.41) is 0. The number of ether oxygens (including phenoxy) is 1. The lowest BCUT2D eigenvalue weighted by molar-refractivity contribution is 0.410. The molecule has 0 saturated heterocycles. The van der Waals surface area contributed by atoms with E-state index in [2.05, 4.69) is 70.0 Å². The quantitative estimate of drug-likeness (QED) is 0.542. The van der Waals surface area contributed by atoms with Gasteiger partial charge in [-0.05, 0) is 41.7 Å². The largest absolute Gasteiger partial charge is 0.496 e. The van der Waals surface area contributed by atoms with E-state index in [1.165, 1.54) is 16.7 Å². The fraction of sp³-hybridized carbons (Fsp3) is 0.333. The van der Waals surface area contributed by atoms with Crippen LogP contribution in [0.15, 0.2) is 40.9 Å². The monoisotopic (exact) mass is 410 g/mol. The first-order valence-corrected chi connectivity index (χ1v) is 8.90. The van der Waals surface area contributed by atoms with Crippen molar-refractivity contribution in [3.05, 3.63) is 63.1 Å². The number of benzene rings is 2. The van der Waals surface area contributed by atoms with Crippen LogP contribution in [-0.2, 0) is 12.8 Å². The molecule has 0 aliphatic rings. The lowest BCUT2D eigenvalue weighted by Crippen LogP contribution is -2.00. The molecule has 3 heteroatoms. The predicted octanol–water partition coefficient (Wildman–Crippen LogP) is 6.07. The molecule has 0 radical (unpaired) electrons. The SMILES string of the molecule is CCc1ccc(C(Br)c2ccc(Br)cc2OC)cc1CC. The molecule has 21 heavy (non-hydrogen) atoms. The van der Waals surface area contributed by atoms with Crippen molar-refractivity contribution in [2.45, 2.75) is 31.5 Å². The average Bonchev–Trinajstić information content (AvgIpc) is 2.53. The van der Waals surface area contributed by atoms with E-state index in [0.717, 1.165) is 28.6 Å². The standard InChI is InChI=1S/C18H20Br2O/c1-4-12-6-7-14(10-13(12)5-2)18(20)16-9-8-15(19)11-17(16)21-3/h6-11,18H,4-5H2,1-3H3. The van der Waals surface area contributed by atoms with E-state index >= 15 is 0 Å². The molecule has 1 nitrogen and oxygen atoms in total. The van der Waals surface area contributed by atoms with Gasteiger partial charge in [-0.2, -0.15) is 0 Å². The summed E-state index contributed by atoms with van der Waals surface area (Å²) in [6.45, 7) is 4.42. The maximum atomic E-state index is 5.51. The van der Waals surface area contributed by atoms with E-state index in [4.69, 9.17) is 4.74 Å². The van der Waals surface area contributed by atoms with Gasteiger partial charge in [0.05, 0.1) is 11.9 Å². The van der Waals surface area contributed by atoms with Gasteiger partial charge in [0.2, 0.25) is 0 Å². The summed E-state index contributed by atoms with van der Waals surface area (Å²) in [6.07, 6.45) is 2.15. The van der Waals surface area contributed by atoms with E-state index in [1.54, 1.807) is 7.11 Å². The zero-order valence-electron chi connectivity index (χ0n) is 12.6. The summed E-state index contributed by atoms with van der Waals surface area (Å²) >= 11 is 7.31. The summed E-state index contributed by atoms with van der Waals surface area (Å²) in [5.74, 6) is 0.892. The minimum absolute atomic E-state index is 0.136. The van der Waals surface area contributed by atoms with E-state index in [1.807, 2.05) is 12.1 Å². The predicted molar refractivity (Wildman–Crippen MR) is 96.7 cm³/mol. The van der Waals surface area contributed by atoms with Crippen molar-refractivity contribution in [1.82, 2.24) is 0 Å². The van der Waals surface area contributed by atoms with Crippen LogP contribution in [0.1, 0.15) is 40.9 Å². The molecule has 0 amide bonds. The Balaban J connectivity index is 2.42. The third kappa shape index (κ3) is 3.70. The number of rotatable bonds is 5. The minimum Gasteiger partial charge on any atom is -0.496 e. The molecule has 1 unspecified atom stereocenters. The Labute approximate surface area is 144 Å². The van der Waals surface area contributed by atoms with Gasteiger partial charge >= 0.3 is 0 Å². The number of halogens is 2. The Morgan fingerprint density at radius 3 is 2.33 bits per heavy atom. The van der Waals surface area contributed by atoms with Gasteiger partial charge in [-0.3, -0.25) is 0 Å². The van der Waals surface area contributed by atoms with Crippen molar-refractivity contribution >= 4 is 31.9 Å². The lowest BCUT2D eigenvalue weighted by atomic mass is 9.96. The highest BCUT2D eigenvalue weighted by molar-refractivity contribution is 9.10. The van der Waals surface area contributed by atoms with Crippen LogP contribution < -0.4 is 4.74 Å². The normalized spacial score (nSPS) is 12.2. The van der Waals surface area contributed by atoms with Gasteiger partial charge < -0.3 is 4.74 Å². The number of hydrogen-bond donors (Lipinski definition) is 0. The Kier molecular flexibility index (Phi) is 5.88. The van der Waals surface area contributed by atoms with Crippen LogP contribution in [0, 0.1) is 0 Å². The molecule has 2 aromatic rings. The molecule has 112 valence electrons. The van der Waals surface area contributed by atoms with Gasteiger partial charge in [0.1, 0.15) is 5.75 Å². The fourth-order valence-electron chi connectivity index (χ4n) is 2.55. The molecule has 2 rings (SSSR count). The molecule has 0 N–H and O–H groups in total. The van der Waals surface area contributed by atoms with Crippen LogP contribution >= 0.6 is 31.9 Å². The van der Waals surface area contributed by atoms with Crippen molar-refractivity contribution in [2.75, 3.05) is 7.11 Å². The Morgan fingerprint density at radius 2 is 1.71 bits per heavy atom. The molecule has 2 aromatic carbocycles. The molecule has 0 saturated carbocycles. The second-order valence-electron chi connectivity index (χ2n) is 4.98. The highest BCUT2D eigenvalue weighted by Crippen LogP contribution is 2.38. The van der Waals surface area contributed by atoms with Gasteiger partial charge in [-0.25, -0.2) is 0 Å². The van der Waals surface area contributed by atoms with Gasteiger partial charge in [0, 0.05) is 10.0 Å².